The summed E-state index contributed by atoms with van der Waals surface area (Å²) < 4.78 is 1.70. The molecule has 2 amide bonds. The quantitative estimate of drug-likeness (QED) is 0.262. The zero-order chi connectivity index (χ0) is 30.7. The standard InChI is InChI=1S/C34H34N6O4/c1-24(10-8-9-20-38-23-26(19-21-41)35-37-38)34(44)29-22-28(15-17-31(29)39(33(34)43)27-13-6-3-7-14-27)40-32(42)18-16-30(36-40)25-11-4-2-5-12-25/h2-8,10-15,17,22-24,41,44H,9,16,18-21H2,1H3/b10-8+/t24-,34+/m1/s1. The summed E-state index contributed by atoms with van der Waals surface area (Å²) in [7, 11) is 0. The first-order valence-corrected chi connectivity index (χ1v) is 14.8. The Morgan fingerprint density at radius 1 is 0.977 bits per heavy atom. The molecule has 1 aromatic heterocycles. The topological polar surface area (TPSA) is 124 Å². The van der Waals surface area contributed by atoms with E-state index in [-0.39, 0.29) is 12.5 Å². The van der Waals surface area contributed by atoms with Crippen LogP contribution in [0.25, 0.3) is 0 Å². The van der Waals surface area contributed by atoms with Crippen LogP contribution in [-0.4, -0.2) is 49.3 Å². The smallest absolute Gasteiger partial charge is 0.268 e. The minimum Gasteiger partial charge on any atom is -0.396 e. The van der Waals surface area contributed by atoms with Crippen LogP contribution in [0.4, 0.5) is 17.1 Å². The van der Waals surface area contributed by atoms with E-state index in [9.17, 15) is 14.7 Å². The second-order valence-corrected chi connectivity index (χ2v) is 11.0. The molecule has 3 heterocycles. The lowest BCUT2D eigenvalue weighted by molar-refractivity contribution is -0.138. The number of hydrogen-bond donors (Lipinski definition) is 2. The van der Waals surface area contributed by atoms with Crippen molar-refractivity contribution in [2.75, 3.05) is 16.5 Å². The molecule has 0 radical (unpaired) electrons. The zero-order valence-corrected chi connectivity index (χ0v) is 24.5. The van der Waals surface area contributed by atoms with Crippen LogP contribution in [0, 0.1) is 5.92 Å². The van der Waals surface area contributed by atoms with E-state index in [1.807, 2.05) is 79.7 Å². The summed E-state index contributed by atoms with van der Waals surface area (Å²) in [4.78, 5) is 28.8. The lowest BCUT2D eigenvalue weighted by atomic mass is 9.82. The maximum atomic E-state index is 14.1. The Bertz CT molecular complexity index is 1720. The molecule has 0 fully saturated rings. The van der Waals surface area contributed by atoms with Crippen LogP contribution < -0.4 is 9.91 Å². The number of allylic oxidation sites excluding steroid dienone is 1. The van der Waals surface area contributed by atoms with E-state index < -0.39 is 17.4 Å². The van der Waals surface area contributed by atoms with E-state index in [2.05, 4.69) is 10.3 Å². The summed E-state index contributed by atoms with van der Waals surface area (Å²) in [5, 5.41) is 35.6. The number of carbonyl (C=O) groups is 2. The van der Waals surface area contributed by atoms with Gasteiger partial charge in [-0.3, -0.25) is 19.2 Å². The molecule has 0 spiro atoms. The van der Waals surface area contributed by atoms with Gasteiger partial charge in [0.05, 0.1) is 22.8 Å². The van der Waals surface area contributed by atoms with Crippen molar-refractivity contribution in [2.45, 2.75) is 44.8 Å². The van der Waals surface area contributed by atoms with Crippen molar-refractivity contribution in [2.24, 2.45) is 11.0 Å². The van der Waals surface area contributed by atoms with E-state index in [1.165, 1.54) is 9.91 Å². The molecule has 6 rings (SSSR count). The van der Waals surface area contributed by atoms with Gasteiger partial charge in [-0.15, -0.1) is 5.10 Å². The van der Waals surface area contributed by atoms with Crippen molar-refractivity contribution in [1.29, 1.82) is 0 Å². The summed E-state index contributed by atoms with van der Waals surface area (Å²) in [6.45, 7) is 2.38. The molecule has 2 aliphatic heterocycles. The van der Waals surface area contributed by atoms with Crippen LogP contribution in [0.1, 0.15) is 43.0 Å². The molecule has 44 heavy (non-hydrogen) atoms. The first-order valence-electron chi connectivity index (χ1n) is 14.8. The van der Waals surface area contributed by atoms with E-state index in [1.54, 1.807) is 29.1 Å². The number of rotatable bonds is 10. The predicted octanol–water partition coefficient (Wildman–Crippen LogP) is 4.49. The molecule has 0 aliphatic carbocycles. The maximum absolute atomic E-state index is 14.1. The highest BCUT2D eigenvalue weighted by atomic mass is 16.3. The lowest BCUT2D eigenvalue weighted by Crippen LogP contribution is -2.42. The van der Waals surface area contributed by atoms with Gasteiger partial charge in [-0.2, -0.15) is 5.10 Å². The number of nitrogens with zero attached hydrogens (tertiary/aromatic N) is 6. The second-order valence-electron chi connectivity index (χ2n) is 11.0. The summed E-state index contributed by atoms with van der Waals surface area (Å²) in [5.41, 5.74) is 2.69. The fourth-order valence-electron chi connectivity index (χ4n) is 5.74. The van der Waals surface area contributed by atoms with Gasteiger partial charge >= 0.3 is 0 Å². The van der Waals surface area contributed by atoms with E-state index in [0.29, 0.717) is 54.9 Å². The predicted molar refractivity (Wildman–Crippen MR) is 167 cm³/mol. The number of hydrogen-bond acceptors (Lipinski definition) is 7. The van der Waals surface area contributed by atoms with Gasteiger partial charge in [0, 0.05) is 55.8 Å². The number of hydrazone groups is 1. The average Bonchev–Trinajstić information content (AvgIpc) is 3.60. The van der Waals surface area contributed by atoms with Crippen molar-refractivity contribution in [3.8, 4) is 0 Å². The summed E-state index contributed by atoms with van der Waals surface area (Å²) in [5.74, 6) is -1.21. The van der Waals surface area contributed by atoms with E-state index in [0.717, 1.165) is 17.0 Å². The molecule has 10 nitrogen and oxygen atoms in total. The second kappa shape index (κ2) is 12.4. The lowest BCUT2D eigenvalue weighted by Gasteiger charge is -2.28. The van der Waals surface area contributed by atoms with Crippen LogP contribution in [0.3, 0.4) is 0 Å². The number of fused-ring (bicyclic) bond motifs is 1. The van der Waals surface area contributed by atoms with Gasteiger partial charge in [0.15, 0.2) is 5.60 Å². The largest absolute Gasteiger partial charge is 0.396 e. The van der Waals surface area contributed by atoms with Gasteiger partial charge in [-0.05, 0) is 42.3 Å². The monoisotopic (exact) mass is 590 g/mol. The SMILES string of the molecule is C[C@H](/C=C/CCn1cc(CCO)nn1)[C@@]1(O)C(=O)N(c2ccccc2)c2ccc(N3N=C(c4ccccc4)CCC3=O)cc21. The van der Waals surface area contributed by atoms with Crippen molar-refractivity contribution >= 4 is 34.6 Å². The number of aryl methyl sites for hydroxylation is 1. The normalized spacial score (nSPS) is 19.0. The van der Waals surface area contributed by atoms with Gasteiger partial charge in [0.2, 0.25) is 5.91 Å². The molecule has 4 aromatic rings. The third-order valence-electron chi connectivity index (χ3n) is 8.12. The third-order valence-corrected chi connectivity index (χ3v) is 8.12. The van der Waals surface area contributed by atoms with Gasteiger partial charge < -0.3 is 10.2 Å². The number of benzene rings is 3. The molecule has 2 atom stereocenters. The van der Waals surface area contributed by atoms with Crippen molar-refractivity contribution in [1.82, 2.24) is 15.0 Å². The molecule has 224 valence electrons. The molecule has 0 unspecified atom stereocenters. The van der Waals surface area contributed by atoms with Gasteiger partial charge in [0.25, 0.3) is 5.91 Å². The van der Waals surface area contributed by atoms with Crippen LogP contribution in [0.5, 0.6) is 0 Å². The first-order chi connectivity index (χ1) is 21.4. The van der Waals surface area contributed by atoms with Crippen molar-refractivity contribution in [3.05, 3.63) is 114 Å². The molecule has 2 aliphatic rings. The van der Waals surface area contributed by atoms with Crippen molar-refractivity contribution < 1.29 is 19.8 Å². The molecular formula is C34H34N6O4. The van der Waals surface area contributed by atoms with Gasteiger partial charge in [-0.1, -0.05) is 72.8 Å². The molecule has 2 N–H and O–H groups in total. The summed E-state index contributed by atoms with van der Waals surface area (Å²) in [6, 6.07) is 24.2. The minimum atomic E-state index is -1.88. The van der Waals surface area contributed by atoms with Crippen LogP contribution in [0.15, 0.2) is 102 Å². The van der Waals surface area contributed by atoms with E-state index in [4.69, 9.17) is 10.2 Å². The summed E-state index contributed by atoms with van der Waals surface area (Å²) >= 11 is 0. The molecular weight excluding hydrogens is 556 g/mol. The third kappa shape index (κ3) is 5.45. The van der Waals surface area contributed by atoms with Gasteiger partial charge in [0.1, 0.15) is 0 Å². The molecule has 0 bridgehead atoms. The Morgan fingerprint density at radius 3 is 2.48 bits per heavy atom. The Labute approximate surface area is 255 Å². The fraction of sp³-hybridized carbons (Fsp3) is 0.265. The number of amides is 2. The highest BCUT2D eigenvalue weighted by molar-refractivity contribution is 6.13. The molecule has 0 saturated carbocycles. The van der Waals surface area contributed by atoms with Crippen LogP contribution >= 0.6 is 0 Å². The van der Waals surface area contributed by atoms with Gasteiger partial charge in [-0.25, -0.2) is 5.01 Å². The van der Waals surface area contributed by atoms with Crippen LogP contribution in [0.2, 0.25) is 0 Å². The molecule has 0 saturated heterocycles. The van der Waals surface area contributed by atoms with E-state index >= 15 is 0 Å². The fourth-order valence-corrected chi connectivity index (χ4v) is 5.74. The molecule has 10 heteroatoms. The Morgan fingerprint density at radius 2 is 1.73 bits per heavy atom. The summed E-state index contributed by atoms with van der Waals surface area (Å²) in [6.07, 6.45) is 7.44. The Hall–Kier alpha value is -4.93. The Balaban J connectivity index is 1.33. The number of aromatic nitrogens is 3. The molecule has 3 aromatic carbocycles. The van der Waals surface area contributed by atoms with Crippen molar-refractivity contribution in [3.63, 3.8) is 0 Å². The maximum Gasteiger partial charge on any atom is 0.268 e. The number of aliphatic hydroxyl groups excluding tert-OH is 1. The number of para-hydroxylation sites is 1. The number of aliphatic hydroxyl groups is 2. The first kappa shape index (κ1) is 29.2. The number of anilines is 3. The Kier molecular flexibility index (Phi) is 8.19. The van der Waals surface area contributed by atoms with Crippen LogP contribution in [-0.2, 0) is 28.2 Å². The number of carbonyl (C=O) groups excluding carboxylic acids is 2. The zero-order valence-electron chi connectivity index (χ0n) is 24.5. The highest BCUT2D eigenvalue weighted by Gasteiger charge is 2.53. The average molecular weight is 591 g/mol. The highest BCUT2D eigenvalue weighted by Crippen LogP contribution is 2.49. The minimum absolute atomic E-state index is 0.0123.